The van der Waals surface area contributed by atoms with Crippen LogP contribution in [-0.4, -0.2) is 27.1 Å². The van der Waals surface area contributed by atoms with Crippen molar-refractivity contribution < 1.29 is 13.9 Å². The fraction of sp³-hybridized carbons (Fsp3) is 0.286. The van der Waals surface area contributed by atoms with E-state index in [1.165, 1.54) is 0 Å². The summed E-state index contributed by atoms with van der Waals surface area (Å²) in [5.41, 5.74) is 9.22. The molecule has 3 aromatic heterocycles. The maximum absolute atomic E-state index is 12.6. The standard InChI is InChI=1S/C21H22N4O3/c1-3-27-21(26)17-18-20(24-16-9-5-4-8-15(16)23-18)25(19(17)22)13(2)10-11-14-7-6-12-28-14/h4-9,12-13H,3,10-11,22H2,1-2H3/t13-/m1/s1. The third-order valence-corrected chi connectivity index (χ3v) is 4.84. The van der Waals surface area contributed by atoms with Crippen molar-refractivity contribution >= 4 is 34.0 Å². The van der Waals surface area contributed by atoms with Gasteiger partial charge in [0.05, 0.1) is 23.9 Å². The van der Waals surface area contributed by atoms with Gasteiger partial charge in [0.25, 0.3) is 0 Å². The molecule has 2 N–H and O–H groups in total. The molecule has 0 radical (unpaired) electrons. The first-order chi connectivity index (χ1) is 13.6. The van der Waals surface area contributed by atoms with Crippen molar-refractivity contribution in [3.05, 3.63) is 54.0 Å². The number of aryl methyl sites for hydroxylation is 1. The van der Waals surface area contributed by atoms with Crippen molar-refractivity contribution in [1.29, 1.82) is 0 Å². The monoisotopic (exact) mass is 378 g/mol. The molecule has 4 aromatic rings. The minimum absolute atomic E-state index is 0.00811. The van der Waals surface area contributed by atoms with E-state index in [2.05, 4.69) is 4.98 Å². The molecule has 1 atom stereocenters. The number of nitrogens with two attached hydrogens (primary N) is 1. The number of carbonyl (C=O) groups excluding carboxylic acids is 1. The van der Waals surface area contributed by atoms with Gasteiger partial charge in [0, 0.05) is 12.5 Å². The van der Waals surface area contributed by atoms with E-state index >= 15 is 0 Å². The molecule has 28 heavy (non-hydrogen) atoms. The molecule has 4 rings (SSSR count). The summed E-state index contributed by atoms with van der Waals surface area (Å²) in [7, 11) is 0. The van der Waals surface area contributed by atoms with Crippen molar-refractivity contribution in [2.24, 2.45) is 0 Å². The predicted molar refractivity (Wildman–Crippen MR) is 107 cm³/mol. The van der Waals surface area contributed by atoms with E-state index in [0.29, 0.717) is 22.5 Å². The Labute approximate surface area is 162 Å². The normalized spacial score (nSPS) is 12.5. The molecular weight excluding hydrogens is 356 g/mol. The van der Waals surface area contributed by atoms with Crippen LogP contribution in [0.3, 0.4) is 0 Å². The highest BCUT2D eigenvalue weighted by Crippen LogP contribution is 2.32. The van der Waals surface area contributed by atoms with Crippen LogP contribution in [0.2, 0.25) is 0 Å². The Morgan fingerprint density at radius 1 is 1.21 bits per heavy atom. The van der Waals surface area contributed by atoms with Gasteiger partial charge in [-0.05, 0) is 44.5 Å². The number of carbonyl (C=O) groups is 1. The van der Waals surface area contributed by atoms with E-state index in [9.17, 15) is 4.79 Å². The van der Waals surface area contributed by atoms with Gasteiger partial charge in [-0.3, -0.25) is 0 Å². The van der Waals surface area contributed by atoms with Crippen molar-refractivity contribution in [3.63, 3.8) is 0 Å². The number of furan rings is 1. The lowest BCUT2D eigenvalue weighted by Crippen LogP contribution is -2.13. The van der Waals surface area contributed by atoms with Crippen molar-refractivity contribution in [1.82, 2.24) is 14.5 Å². The lowest BCUT2D eigenvalue weighted by atomic mass is 10.1. The number of nitrogen functional groups attached to an aromatic ring is 1. The van der Waals surface area contributed by atoms with Crippen molar-refractivity contribution in [2.75, 3.05) is 12.3 Å². The van der Waals surface area contributed by atoms with Gasteiger partial charge < -0.3 is 19.5 Å². The molecule has 7 heteroatoms. The third kappa shape index (κ3) is 3.09. The molecule has 144 valence electrons. The summed E-state index contributed by atoms with van der Waals surface area (Å²) in [6.45, 7) is 4.07. The van der Waals surface area contributed by atoms with E-state index in [4.69, 9.17) is 19.9 Å². The fourth-order valence-corrected chi connectivity index (χ4v) is 3.47. The zero-order valence-electron chi connectivity index (χ0n) is 15.9. The fourth-order valence-electron chi connectivity index (χ4n) is 3.47. The summed E-state index contributed by atoms with van der Waals surface area (Å²) in [6, 6.07) is 11.4. The second-order valence-electron chi connectivity index (χ2n) is 6.70. The number of aromatic nitrogens is 3. The average molecular weight is 378 g/mol. The van der Waals surface area contributed by atoms with E-state index in [0.717, 1.165) is 24.1 Å². The Morgan fingerprint density at radius 2 is 1.96 bits per heavy atom. The number of ether oxygens (including phenoxy) is 1. The summed E-state index contributed by atoms with van der Waals surface area (Å²) in [5.74, 6) is 0.756. The summed E-state index contributed by atoms with van der Waals surface area (Å²) in [4.78, 5) is 22.0. The number of anilines is 1. The Balaban J connectivity index is 1.84. The SMILES string of the molecule is CCOC(=O)c1c(N)n([C@H](C)CCc2ccco2)c2nc3ccccc3nc12. The van der Waals surface area contributed by atoms with Gasteiger partial charge in [-0.2, -0.15) is 0 Å². The van der Waals surface area contributed by atoms with E-state index in [1.807, 2.05) is 47.9 Å². The Hall–Kier alpha value is -3.35. The molecule has 3 heterocycles. The molecule has 0 fully saturated rings. The second kappa shape index (κ2) is 7.34. The predicted octanol–water partition coefficient (Wildman–Crippen LogP) is 4.13. The van der Waals surface area contributed by atoms with E-state index in [1.54, 1.807) is 13.2 Å². The molecule has 0 saturated carbocycles. The molecular formula is C21H22N4O3. The first-order valence-electron chi connectivity index (χ1n) is 9.35. The smallest absolute Gasteiger partial charge is 0.344 e. The topological polar surface area (TPSA) is 96.2 Å². The summed E-state index contributed by atoms with van der Waals surface area (Å²) in [5, 5.41) is 0. The minimum atomic E-state index is -0.480. The number of hydrogen-bond acceptors (Lipinski definition) is 6. The largest absolute Gasteiger partial charge is 0.469 e. The molecule has 0 aliphatic carbocycles. The van der Waals surface area contributed by atoms with Gasteiger partial charge >= 0.3 is 5.97 Å². The van der Waals surface area contributed by atoms with Crippen LogP contribution in [0.1, 0.15) is 42.4 Å². The number of rotatable bonds is 6. The van der Waals surface area contributed by atoms with Crippen LogP contribution in [-0.2, 0) is 11.2 Å². The zero-order chi connectivity index (χ0) is 19.7. The second-order valence-corrected chi connectivity index (χ2v) is 6.70. The molecule has 0 aliphatic heterocycles. The van der Waals surface area contributed by atoms with Gasteiger partial charge in [0.1, 0.15) is 22.7 Å². The van der Waals surface area contributed by atoms with Crippen LogP contribution in [0.15, 0.2) is 47.1 Å². The molecule has 0 spiro atoms. The number of nitrogens with zero attached hydrogens (tertiary/aromatic N) is 3. The van der Waals surface area contributed by atoms with Crippen LogP contribution in [0.4, 0.5) is 5.82 Å². The number of para-hydroxylation sites is 2. The van der Waals surface area contributed by atoms with Crippen LogP contribution in [0.25, 0.3) is 22.2 Å². The van der Waals surface area contributed by atoms with Gasteiger partial charge in [-0.1, -0.05) is 12.1 Å². The lowest BCUT2D eigenvalue weighted by Gasteiger charge is -2.16. The highest BCUT2D eigenvalue weighted by Gasteiger charge is 2.27. The molecule has 0 bridgehead atoms. The van der Waals surface area contributed by atoms with Crippen LogP contribution < -0.4 is 5.73 Å². The number of benzene rings is 1. The van der Waals surface area contributed by atoms with Crippen molar-refractivity contribution in [3.8, 4) is 0 Å². The quantitative estimate of drug-likeness (QED) is 0.507. The van der Waals surface area contributed by atoms with Gasteiger partial charge in [0.15, 0.2) is 5.65 Å². The molecule has 0 unspecified atom stereocenters. The number of hydrogen-bond donors (Lipinski definition) is 1. The minimum Gasteiger partial charge on any atom is -0.469 e. The number of fused-ring (bicyclic) bond motifs is 2. The molecule has 0 aliphatic rings. The maximum atomic E-state index is 12.6. The Morgan fingerprint density at radius 3 is 2.64 bits per heavy atom. The third-order valence-electron chi connectivity index (χ3n) is 4.84. The first kappa shape index (κ1) is 18.0. The van der Waals surface area contributed by atoms with E-state index < -0.39 is 5.97 Å². The highest BCUT2D eigenvalue weighted by molar-refractivity contribution is 6.08. The molecule has 1 aromatic carbocycles. The van der Waals surface area contributed by atoms with Gasteiger partial charge in [-0.15, -0.1) is 0 Å². The van der Waals surface area contributed by atoms with Crippen molar-refractivity contribution in [2.45, 2.75) is 32.7 Å². The molecule has 7 nitrogen and oxygen atoms in total. The van der Waals surface area contributed by atoms with Gasteiger partial charge in [-0.25, -0.2) is 14.8 Å². The number of esters is 1. The first-order valence-corrected chi connectivity index (χ1v) is 9.35. The summed E-state index contributed by atoms with van der Waals surface area (Å²) in [6.07, 6.45) is 3.19. The van der Waals surface area contributed by atoms with Gasteiger partial charge in [0.2, 0.25) is 0 Å². The van der Waals surface area contributed by atoms with Crippen LogP contribution in [0, 0.1) is 0 Å². The zero-order valence-corrected chi connectivity index (χ0v) is 15.9. The molecule has 0 saturated heterocycles. The Kier molecular flexibility index (Phi) is 4.73. The summed E-state index contributed by atoms with van der Waals surface area (Å²) >= 11 is 0. The van der Waals surface area contributed by atoms with Crippen LogP contribution >= 0.6 is 0 Å². The van der Waals surface area contributed by atoms with E-state index in [-0.39, 0.29) is 18.2 Å². The summed E-state index contributed by atoms with van der Waals surface area (Å²) < 4.78 is 12.5. The lowest BCUT2D eigenvalue weighted by molar-refractivity contribution is 0.0529. The van der Waals surface area contributed by atoms with Crippen LogP contribution in [0.5, 0.6) is 0 Å². The Bertz CT molecular complexity index is 1130. The highest BCUT2D eigenvalue weighted by atomic mass is 16.5. The average Bonchev–Trinajstić information content (AvgIpc) is 3.30. The maximum Gasteiger partial charge on any atom is 0.344 e. The molecule has 0 amide bonds.